The third-order valence-corrected chi connectivity index (χ3v) is 6.07. The number of nitrogens with one attached hydrogen (secondary N) is 1. The number of amides is 1. The molecule has 2 N–H and O–H groups in total. The first-order valence-corrected chi connectivity index (χ1v) is 8.84. The van der Waals surface area contributed by atoms with Gasteiger partial charge < -0.3 is 10.4 Å². The summed E-state index contributed by atoms with van der Waals surface area (Å²) in [5.41, 5.74) is -0.708. The zero-order chi connectivity index (χ0) is 14.0. The molecule has 3 rings (SSSR count). The van der Waals surface area contributed by atoms with Gasteiger partial charge in [0, 0.05) is 15.9 Å². The van der Waals surface area contributed by atoms with E-state index in [9.17, 15) is 9.90 Å². The normalized spacial score (nSPS) is 18.9. The van der Waals surface area contributed by atoms with E-state index in [1.807, 2.05) is 17.5 Å². The van der Waals surface area contributed by atoms with Crippen LogP contribution in [0, 0.1) is 0 Å². The first-order chi connectivity index (χ1) is 9.66. The SMILES string of the molecule is O=C(NCC1(O)CCCCCC1)c1cc2sccc2s1. The first-order valence-electron chi connectivity index (χ1n) is 7.14. The van der Waals surface area contributed by atoms with Crippen molar-refractivity contribution in [3.63, 3.8) is 0 Å². The number of carbonyl (C=O) groups is 1. The summed E-state index contributed by atoms with van der Waals surface area (Å²) in [5, 5.41) is 15.5. The van der Waals surface area contributed by atoms with E-state index >= 15 is 0 Å². The number of rotatable bonds is 3. The number of hydrogen-bond donors (Lipinski definition) is 2. The van der Waals surface area contributed by atoms with Crippen molar-refractivity contribution in [2.45, 2.75) is 44.1 Å². The predicted octanol–water partition coefficient (Wildman–Crippen LogP) is 3.78. The molecule has 1 aliphatic rings. The van der Waals surface area contributed by atoms with Gasteiger partial charge in [0.05, 0.1) is 10.5 Å². The summed E-state index contributed by atoms with van der Waals surface area (Å²) in [6.07, 6.45) is 6.09. The maximum absolute atomic E-state index is 12.2. The molecule has 2 aromatic heterocycles. The molecule has 0 aromatic carbocycles. The van der Waals surface area contributed by atoms with Gasteiger partial charge in [-0.1, -0.05) is 25.7 Å². The topological polar surface area (TPSA) is 49.3 Å². The van der Waals surface area contributed by atoms with E-state index in [-0.39, 0.29) is 5.91 Å². The summed E-state index contributed by atoms with van der Waals surface area (Å²) in [5.74, 6) is -0.0592. The number of fused-ring (bicyclic) bond motifs is 1. The van der Waals surface area contributed by atoms with Crippen molar-refractivity contribution in [2.75, 3.05) is 6.54 Å². The molecule has 0 radical (unpaired) electrons. The largest absolute Gasteiger partial charge is 0.388 e. The van der Waals surface area contributed by atoms with Crippen LogP contribution in [0.15, 0.2) is 17.5 Å². The maximum atomic E-state index is 12.2. The molecule has 0 bridgehead atoms. The Kier molecular flexibility index (Phi) is 4.10. The van der Waals surface area contributed by atoms with Gasteiger partial charge in [-0.05, 0) is 30.4 Å². The van der Waals surface area contributed by atoms with E-state index in [0.29, 0.717) is 6.54 Å². The van der Waals surface area contributed by atoms with Crippen molar-refractivity contribution in [1.82, 2.24) is 5.32 Å². The number of carbonyl (C=O) groups excluding carboxylic acids is 1. The van der Waals surface area contributed by atoms with Crippen LogP contribution in [0.2, 0.25) is 0 Å². The van der Waals surface area contributed by atoms with Crippen LogP contribution in [0.4, 0.5) is 0 Å². The molecule has 1 saturated carbocycles. The van der Waals surface area contributed by atoms with Crippen molar-refractivity contribution in [2.24, 2.45) is 0 Å². The highest BCUT2D eigenvalue weighted by atomic mass is 32.1. The Balaban J connectivity index is 1.62. The van der Waals surface area contributed by atoms with Crippen LogP contribution in [0.3, 0.4) is 0 Å². The van der Waals surface area contributed by atoms with Gasteiger partial charge in [-0.15, -0.1) is 22.7 Å². The summed E-state index contributed by atoms with van der Waals surface area (Å²) < 4.78 is 2.32. The highest BCUT2D eigenvalue weighted by Crippen LogP contribution is 2.30. The fraction of sp³-hybridized carbons (Fsp3) is 0.533. The van der Waals surface area contributed by atoms with Gasteiger partial charge in [0.25, 0.3) is 5.91 Å². The Morgan fingerprint density at radius 3 is 2.70 bits per heavy atom. The van der Waals surface area contributed by atoms with Crippen molar-refractivity contribution in [3.05, 3.63) is 22.4 Å². The maximum Gasteiger partial charge on any atom is 0.261 e. The van der Waals surface area contributed by atoms with Crippen LogP contribution in [0.25, 0.3) is 9.40 Å². The third-order valence-electron chi connectivity index (χ3n) is 3.98. The lowest BCUT2D eigenvalue weighted by Crippen LogP contribution is -2.42. The van der Waals surface area contributed by atoms with E-state index in [1.54, 1.807) is 11.3 Å². The van der Waals surface area contributed by atoms with E-state index in [4.69, 9.17) is 0 Å². The minimum Gasteiger partial charge on any atom is -0.388 e. The minimum atomic E-state index is -0.708. The molecule has 0 atom stereocenters. The molecule has 20 heavy (non-hydrogen) atoms. The highest BCUT2D eigenvalue weighted by Gasteiger charge is 2.28. The van der Waals surface area contributed by atoms with Gasteiger partial charge in [-0.25, -0.2) is 0 Å². The molecule has 3 nitrogen and oxygen atoms in total. The molecular weight excluding hydrogens is 290 g/mol. The lowest BCUT2D eigenvalue weighted by Gasteiger charge is -2.26. The lowest BCUT2D eigenvalue weighted by molar-refractivity contribution is 0.0247. The average molecular weight is 309 g/mol. The second-order valence-corrected chi connectivity index (χ2v) is 7.61. The van der Waals surface area contributed by atoms with Gasteiger partial charge in [-0.3, -0.25) is 4.79 Å². The molecular formula is C15H19NO2S2. The fourth-order valence-corrected chi connectivity index (χ4v) is 4.80. The second-order valence-electron chi connectivity index (χ2n) is 5.58. The summed E-state index contributed by atoms with van der Waals surface area (Å²) in [6, 6.07) is 3.98. The lowest BCUT2D eigenvalue weighted by atomic mass is 9.94. The van der Waals surface area contributed by atoms with Crippen molar-refractivity contribution in [1.29, 1.82) is 0 Å². The molecule has 1 fully saturated rings. The molecule has 1 amide bonds. The molecule has 0 spiro atoms. The monoisotopic (exact) mass is 309 g/mol. The molecule has 2 aromatic rings. The first kappa shape index (κ1) is 14.0. The molecule has 0 saturated heterocycles. The van der Waals surface area contributed by atoms with E-state index in [0.717, 1.165) is 40.0 Å². The smallest absolute Gasteiger partial charge is 0.261 e. The summed E-state index contributed by atoms with van der Waals surface area (Å²) in [4.78, 5) is 12.9. The van der Waals surface area contributed by atoms with Crippen molar-refractivity contribution >= 4 is 38.0 Å². The second kappa shape index (κ2) is 5.84. The van der Waals surface area contributed by atoms with E-state index in [2.05, 4.69) is 5.32 Å². The standard InChI is InChI=1S/C15H19NO2S2/c17-14(13-9-12-11(20-13)5-8-19-12)16-10-15(18)6-3-1-2-4-7-15/h5,8-9,18H,1-4,6-7,10H2,(H,16,17). The van der Waals surface area contributed by atoms with Crippen LogP contribution in [-0.2, 0) is 0 Å². The Labute approximate surface area is 126 Å². The Hall–Kier alpha value is -0.910. The Morgan fingerprint density at radius 1 is 1.25 bits per heavy atom. The summed E-state index contributed by atoms with van der Waals surface area (Å²) in [6.45, 7) is 0.372. The Morgan fingerprint density at radius 2 is 2.00 bits per heavy atom. The number of aliphatic hydroxyl groups is 1. The predicted molar refractivity (Wildman–Crippen MR) is 84.7 cm³/mol. The fourth-order valence-electron chi connectivity index (χ4n) is 2.77. The van der Waals surface area contributed by atoms with Crippen LogP contribution in [0.1, 0.15) is 48.2 Å². The van der Waals surface area contributed by atoms with Crippen LogP contribution >= 0.6 is 22.7 Å². The average Bonchev–Trinajstić information content (AvgIpc) is 2.95. The molecule has 2 heterocycles. The van der Waals surface area contributed by atoms with E-state index in [1.165, 1.54) is 24.2 Å². The van der Waals surface area contributed by atoms with Gasteiger partial charge in [0.15, 0.2) is 0 Å². The quantitative estimate of drug-likeness (QED) is 0.848. The van der Waals surface area contributed by atoms with Crippen LogP contribution in [-0.4, -0.2) is 23.2 Å². The molecule has 5 heteroatoms. The number of hydrogen-bond acceptors (Lipinski definition) is 4. The van der Waals surface area contributed by atoms with Crippen LogP contribution < -0.4 is 5.32 Å². The molecule has 1 aliphatic carbocycles. The van der Waals surface area contributed by atoms with Gasteiger partial charge in [0.2, 0.25) is 0 Å². The number of thiophene rings is 2. The molecule has 0 aliphatic heterocycles. The summed E-state index contributed by atoms with van der Waals surface area (Å²) >= 11 is 3.17. The zero-order valence-electron chi connectivity index (χ0n) is 11.4. The minimum absolute atomic E-state index is 0.0592. The van der Waals surface area contributed by atoms with Gasteiger partial charge in [-0.2, -0.15) is 0 Å². The molecule has 108 valence electrons. The zero-order valence-corrected chi connectivity index (χ0v) is 13.0. The van der Waals surface area contributed by atoms with E-state index < -0.39 is 5.60 Å². The van der Waals surface area contributed by atoms with Crippen molar-refractivity contribution < 1.29 is 9.90 Å². The third kappa shape index (κ3) is 3.05. The van der Waals surface area contributed by atoms with Gasteiger partial charge in [0.1, 0.15) is 0 Å². The van der Waals surface area contributed by atoms with Crippen molar-refractivity contribution in [3.8, 4) is 0 Å². The highest BCUT2D eigenvalue weighted by molar-refractivity contribution is 7.27. The summed E-state index contributed by atoms with van der Waals surface area (Å²) in [7, 11) is 0. The Bertz CT molecular complexity index is 565. The molecule has 0 unspecified atom stereocenters. The van der Waals surface area contributed by atoms with Crippen LogP contribution in [0.5, 0.6) is 0 Å². The van der Waals surface area contributed by atoms with Gasteiger partial charge >= 0.3 is 0 Å².